The van der Waals surface area contributed by atoms with E-state index in [0.29, 0.717) is 18.5 Å². The van der Waals surface area contributed by atoms with Crippen LogP contribution in [0.1, 0.15) is 21.8 Å². The molecule has 2 aromatic heterocycles. The molecular weight excluding hydrogens is 362 g/mol. The lowest BCUT2D eigenvalue weighted by Gasteiger charge is -2.07. The van der Waals surface area contributed by atoms with E-state index in [1.807, 2.05) is 79.7 Å². The second kappa shape index (κ2) is 8.52. The summed E-state index contributed by atoms with van der Waals surface area (Å²) in [4.78, 5) is 16.7. The van der Waals surface area contributed by atoms with Crippen LogP contribution in [0.3, 0.4) is 0 Å². The SMILES string of the molecule is Cc1onc(-c2ccccc2)c1-c1ccc(C(=O)NCCc2ccccn2)cc1. The van der Waals surface area contributed by atoms with Crippen molar-refractivity contribution in [3.63, 3.8) is 0 Å². The van der Waals surface area contributed by atoms with Gasteiger partial charge in [0.05, 0.1) is 5.56 Å². The van der Waals surface area contributed by atoms with Gasteiger partial charge >= 0.3 is 0 Å². The maximum absolute atomic E-state index is 12.4. The van der Waals surface area contributed by atoms with Crippen molar-refractivity contribution in [2.45, 2.75) is 13.3 Å². The van der Waals surface area contributed by atoms with Crippen LogP contribution in [0.4, 0.5) is 0 Å². The Morgan fingerprint density at radius 3 is 2.41 bits per heavy atom. The highest BCUT2D eigenvalue weighted by molar-refractivity contribution is 5.95. The summed E-state index contributed by atoms with van der Waals surface area (Å²) in [6.45, 7) is 2.44. The van der Waals surface area contributed by atoms with E-state index in [1.54, 1.807) is 6.20 Å². The molecule has 0 aliphatic carbocycles. The highest BCUT2D eigenvalue weighted by Crippen LogP contribution is 2.34. The summed E-state index contributed by atoms with van der Waals surface area (Å²) in [5.41, 5.74) is 5.28. The van der Waals surface area contributed by atoms with Gasteiger partial charge in [-0.1, -0.05) is 53.7 Å². The minimum absolute atomic E-state index is 0.0993. The van der Waals surface area contributed by atoms with Crippen molar-refractivity contribution in [2.24, 2.45) is 0 Å². The Balaban J connectivity index is 1.47. The molecule has 144 valence electrons. The third-order valence-electron chi connectivity index (χ3n) is 4.74. The Kier molecular flexibility index (Phi) is 5.47. The largest absolute Gasteiger partial charge is 0.360 e. The average molecular weight is 383 g/mol. The van der Waals surface area contributed by atoms with Crippen LogP contribution < -0.4 is 5.32 Å². The first kappa shape index (κ1) is 18.6. The molecular formula is C24H21N3O2. The number of hydrogen-bond donors (Lipinski definition) is 1. The van der Waals surface area contributed by atoms with Gasteiger partial charge in [-0.3, -0.25) is 9.78 Å². The number of benzene rings is 2. The van der Waals surface area contributed by atoms with Gasteiger partial charge in [0.2, 0.25) is 0 Å². The fraction of sp³-hybridized carbons (Fsp3) is 0.125. The Bertz CT molecular complexity index is 1090. The van der Waals surface area contributed by atoms with Crippen LogP contribution in [0.25, 0.3) is 22.4 Å². The highest BCUT2D eigenvalue weighted by atomic mass is 16.5. The fourth-order valence-electron chi connectivity index (χ4n) is 3.25. The molecule has 0 fully saturated rings. The van der Waals surface area contributed by atoms with E-state index < -0.39 is 0 Å². The summed E-state index contributed by atoms with van der Waals surface area (Å²) < 4.78 is 5.44. The topological polar surface area (TPSA) is 68.0 Å². The minimum atomic E-state index is -0.0993. The Labute approximate surface area is 169 Å². The predicted octanol–water partition coefficient (Wildman–Crippen LogP) is 4.68. The first-order chi connectivity index (χ1) is 14.2. The number of aryl methyl sites for hydroxylation is 1. The van der Waals surface area contributed by atoms with Crippen LogP contribution in [-0.4, -0.2) is 22.6 Å². The minimum Gasteiger partial charge on any atom is -0.360 e. The lowest BCUT2D eigenvalue weighted by molar-refractivity contribution is 0.0954. The monoisotopic (exact) mass is 383 g/mol. The maximum atomic E-state index is 12.4. The third kappa shape index (κ3) is 4.24. The lowest BCUT2D eigenvalue weighted by Crippen LogP contribution is -2.25. The number of hydrogen-bond acceptors (Lipinski definition) is 4. The molecule has 1 N–H and O–H groups in total. The molecule has 0 bridgehead atoms. The standard InChI is InChI=1S/C24H21N3O2/c1-17-22(23(27-29-17)19-7-3-2-4-8-19)18-10-12-20(13-11-18)24(28)26-16-14-21-9-5-6-15-25-21/h2-13,15H,14,16H2,1H3,(H,26,28). The quantitative estimate of drug-likeness (QED) is 0.525. The van der Waals surface area contributed by atoms with Crippen LogP contribution in [0.2, 0.25) is 0 Å². The Morgan fingerprint density at radius 1 is 0.931 bits per heavy atom. The second-order valence-electron chi connectivity index (χ2n) is 6.73. The van der Waals surface area contributed by atoms with Crippen molar-refractivity contribution in [3.05, 3.63) is 96.0 Å². The van der Waals surface area contributed by atoms with E-state index in [4.69, 9.17) is 4.52 Å². The van der Waals surface area contributed by atoms with Gasteiger partial charge in [0.15, 0.2) is 0 Å². The smallest absolute Gasteiger partial charge is 0.251 e. The van der Waals surface area contributed by atoms with Crippen LogP contribution in [-0.2, 0) is 6.42 Å². The van der Waals surface area contributed by atoms with E-state index in [-0.39, 0.29) is 5.91 Å². The molecule has 2 aromatic carbocycles. The summed E-state index contributed by atoms with van der Waals surface area (Å²) in [6, 6.07) is 23.2. The van der Waals surface area contributed by atoms with Crippen LogP contribution >= 0.6 is 0 Å². The summed E-state index contributed by atoms with van der Waals surface area (Å²) in [5.74, 6) is 0.647. The summed E-state index contributed by atoms with van der Waals surface area (Å²) in [5, 5.41) is 7.17. The molecule has 0 unspecified atom stereocenters. The molecule has 0 saturated carbocycles. The van der Waals surface area contributed by atoms with Crippen molar-refractivity contribution >= 4 is 5.91 Å². The summed E-state index contributed by atoms with van der Waals surface area (Å²) >= 11 is 0. The zero-order valence-corrected chi connectivity index (χ0v) is 16.1. The van der Waals surface area contributed by atoms with E-state index in [9.17, 15) is 4.79 Å². The lowest BCUT2D eigenvalue weighted by atomic mass is 9.98. The molecule has 0 radical (unpaired) electrons. The van der Waals surface area contributed by atoms with E-state index in [2.05, 4.69) is 15.5 Å². The zero-order chi connectivity index (χ0) is 20.1. The zero-order valence-electron chi connectivity index (χ0n) is 16.1. The number of carbonyl (C=O) groups excluding carboxylic acids is 1. The van der Waals surface area contributed by atoms with E-state index in [0.717, 1.165) is 33.8 Å². The summed E-state index contributed by atoms with van der Waals surface area (Å²) in [7, 11) is 0. The van der Waals surface area contributed by atoms with Gasteiger partial charge in [0.1, 0.15) is 11.5 Å². The van der Waals surface area contributed by atoms with Crippen LogP contribution in [0, 0.1) is 6.92 Å². The number of pyridine rings is 1. The average Bonchev–Trinajstić information content (AvgIpc) is 3.16. The van der Waals surface area contributed by atoms with Crippen molar-refractivity contribution < 1.29 is 9.32 Å². The molecule has 5 heteroatoms. The Morgan fingerprint density at radius 2 is 1.69 bits per heavy atom. The third-order valence-corrected chi connectivity index (χ3v) is 4.74. The number of carbonyl (C=O) groups is 1. The Hall–Kier alpha value is -3.73. The number of rotatable bonds is 6. The van der Waals surface area contributed by atoms with Crippen LogP contribution in [0.15, 0.2) is 83.5 Å². The number of aromatic nitrogens is 2. The van der Waals surface area contributed by atoms with Gasteiger partial charge in [-0.2, -0.15) is 0 Å². The van der Waals surface area contributed by atoms with Gasteiger partial charge in [-0.15, -0.1) is 0 Å². The maximum Gasteiger partial charge on any atom is 0.251 e. The van der Waals surface area contributed by atoms with E-state index >= 15 is 0 Å². The van der Waals surface area contributed by atoms with Gasteiger partial charge < -0.3 is 9.84 Å². The molecule has 5 nitrogen and oxygen atoms in total. The van der Waals surface area contributed by atoms with E-state index in [1.165, 1.54) is 0 Å². The van der Waals surface area contributed by atoms with Crippen molar-refractivity contribution in [1.82, 2.24) is 15.5 Å². The van der Waals surface area contributed by atoms with Crippen LogP contribution in [0.5, 0.6) is 0 Å². The predicted molar refractivity (Wildman–Crippen MR) is 112 cm³/mol. The van der Waals surface area contributed by atoms with Crippen molar-refractivity contribution in [1.29, 1.82) is 0 Å². The van der Waals surface area contributed by atoms with Gasteiger partial charge in [0.25, 0.3) is 5.91 Å². The second-order valence-corrected chi connectivity index (χ2v) is 6.73. The fourth-order valence-corrected chi connectivity index (χ4v) is 3.25. The first-order valence-corrected chi connectivity index (χ1v) is 9.52. The number of nitrogens with zero attached hydrogens (tertiary/aromatic N) is 2. The molecule has 4 rings (SSSR count). The van der Waals surface area contributed by atoms with Crippen molar-refractivity contribution in [2.75, 3.05) is 6.54 Å². The molecule has 29 heavy (non-hydrogen) atoms. The molecule has 2 heterocycles. The molecule has 0 aliphatic heterocycles. The number of nitrogens with one attached hydrogen (secondary N) is 1. The summed E-state index contributed by atoms with van der Waals surface area (Å²) in [6.07, 6.45) is 2.46. The molecule has 0 aliphatic rings. The van der Waals surface area contributed by atoms with Crippen molar-refractivity contribution in [3.8, 4) is 22.4 Å². The first-order valence-electron chi connectivity index (χ1n) is 9.52. The van der Waals surface area contributed by atoms with Gasteiger partial charge in [-0.25, -0.2) is 0 Å². The number of amides is 1. The molecule has 0 atom stereocenters. The molecule has 0 saturated heterocycles. The molecule has 0 spiro atoms. The van der Waals surface area contributed by atoms with Gasteiger partial charge in [-0.05, 0) is 36.8 Å². The normalized spacial score (nSPS) is 10.7. The molecule has 4 aromatic rings. The highest BCUT2D eigenvalue weighted by Gasteiger charge is 2.17. The van der Waals surface area contributed by atoms with Gasteiger partial charge in [0, 0.05) is 36.0 Å². The molecule has 1 amide bonds.